The van der Waals surface area contributed by atoms with Gasteiger partial charge in [-0.15, -0.1) is 0 Å². The summed E-state index contributed by atoms with van der Waals surface area (Å²) in [5.74, 6) is -0.966. The molecule has 0 spiro atoms. The summed E-state index contributed by atoms with van der Waals surface area (Å²) in [5.41, 5.74) is 1.64. The Kier molecular flexibility index (Phi) is 7.40. The van der Waals surface area contributed by atoms with Gasteiger partial charge in [0.05, 0.1) is 11.4 Å². The molecule has 0 saturated carbocycles. The van der Waals surface area contributed by atoms with Crippen LogP contribution in [0.4, 0.5) is 11.4 Å². The number of hydrogen-bond acceptors (Lipinski definition) is 4. The second kappa shape index (κ2) is 10.0. The molecule has 0 aliphatic heterocycles. The number of anilines is 2. The summed E-state index contributed by atoms with van der Waals surface area (Å²) < 4.78 is 27.9. The van der Waals surface area contributed by atoms with Crippen molar-refractivity contribution in [2.24, 2.45) is 0 Å². The normalized spacial score (nSPS) is 11.0. The number of carbonyl (C=O) groups is 2. The lowest BCUT2D eigenvalue weighted by Crippen LogP contribution is -2.33. The summed E-state index contributed by atoms with van der Waals surface area (Å²) in [5, 5.41) is 6.01. The molecule has 166 valence electrons. The monoisotopic (exact) mass is 491 g/mol. The van der Waals surface area contributed by atoms with Crippen LogP contribution in [0.15, 0.2) is 71.6 Å². The van der Waals surface area contributed by atoms with E-state index in [1.165, 1.54) is 18.2 Å². The van der Waals surface area contributed by atoms with E-state index < -0.39 is 21.8 Å². The number of rotatable bonds is 7. The Balaban J connectivity index is 1.67. The number of benzene rings is 3. The summed E-state index contributed by atoms with van der Waals surface area (Å²) in [4.78, 5) is 24.4. The fourth-order valence-corrected chi connectivity index (χ4v) is 4.12. The Morgan fingerprint density at radius 1 is 0.906 bits per heavy atom. The third kappa shape index (κ3) is 6.23. The number of carbonyl (C=O) groups excluding carboxylic acids is 2. The zero-order valence-corrected chi connectivity index (χ0v) is 19.2. The van der Waals surface area contributed by atoms with Gasteiger partial charge in [-0.05, 0) is 67.1 Å². The third-order valence-electron chi connectivity index (χ3n) is 4.39. The number of nitrogens with one attached hydrogen (secondary N) is 3. The number of aryl methyl sites for hydroxylation is 1. The van der Waals surface area contributed by atoms with E-state index in [-0.39, 0.29) is 11.4 Å². The van der Waals surface area contributed by atoms with Crippen molar-refractivity contribution in [1.29, 1.82) is 0 Å². The lowest BCUT2D eigenvalue weighted by atomic mass is 10.2. The molecule has 3 aromatic carbocycles. The Morgan fingerprint density at radius 3 is 2.31 bits per heavy atom. The summed E-state index contributed by atoms with van der Waals surface area (Å²) in [7, 11) is -3.89. The largest absolute Gasteiger partial charge is 0.343 e. The van der Waals surface area contributed by atoms with E-state index in [4.69, 9.17) is 23.2 Å². The summed E-state index contributed by atoms with van der Waals surface area (Å²) in [6, 6.07) is 16.9. The first-order valence-electron chi connectivity index (χ1n) is 9.37. The lowest BCUT2D eigenvalue weighted by molar-refractivity contribution is -0.115. The highest BCUT2D eigenvalue weighted by Gasteiger charge is 2.17. The number of sulfonamides is 1. The molecular formula is C22H19Cl2N3O4S. The molecule has 3 aromatic rings. The van der Waals surface area contributed by atoms with Crippen molar-refractivity contribution < 1.29 is 18.0 Å². The maximum atomic E-state index is 12.7. The van der Waals surface area contributed by atoms with Crippen molar-refractivity contribution in [2.75, 3.05) is 16.6 Å². The highest BCUT2D eigenvalue weighted by molar-refractivity contribution is 7.92. The van der Waals surface area contributed by atoms with Gasteiger partial charge in [-0.1, -0.05) is 35.3 Å². The molecule has 2 amide bonds. The van der Waals surface area contributed by atoms with Gasteiger partial charge in [0.1, 0.15) is 0 Å². The van der Waals surface area contributed by atoms with E-state index in [1.54, 1.807) is 55.5 Å². The zero-order chi connectivity index (χ0) is 23.3. The number of halogens is 2. The van der Waals surface area contributed by atoms with Crippen molar-refractivity contribution >= 4 is 56.4 Å². The molecule has 0 aliphatic carbocycles. The molecule has 3 rings (SSSR count). The smallest absolute Gasteiger partial charge is 0.261 e. The Bertz CT molecular complexity index is 1260. The van der Waals surface area contributed by atoms with Crippen LogP contribution in [-0.4, -0.2) is 26.8 Å². The molecule has 0 saturated heterocycles. The van der Waals surface area contributed by atoms with Gasteiger partial charge in [0.25, 0.3) is 15.9 Å². The molecule has 0 bridgehead atoms. The Morgan fingerprint density at radius 2 is 1.62 bits per heavy atom. The third-order valence-corrected chi connectivity index (χ3v) is 6.25. The zero-order valence-electron chi connectivity index (χ0n) is 16.9. The number of hydrogen-bond donors (Lipinski definition) is 3. The van der Waals surface area contributed by atoms with Crippen LogP contribution < -0.4 is 15.4 Å². The van der Waals surface area contributed by atoms with E-state index in [0.717, 1.165) is 0 Å². The van der Waals surface area contributed by atoms with Gasteiger partial charge in [-0.2, -0.15) is 0 Å². The predicted molar refractivity (Wildman–Crippen MR) is 126 cm³/mol. The van der Waals surface area contributed by atoms with Crippen LogP contribution in [0.5, 0.6) is 0 Å². The average molecular weight is 492 g/mol. The van der Waals surface area contributed by atoms with Crippen molar-refractivity contribution in [3.05, 3.63) is 87.9 Å². The highest BCUT2D eigenvalue weighted by Crippen LogP contribution is 2.23. The molecule has 32 heavy (non-hydrogen) atoms. The molecule has 0 aliphatic rings. The average Bonchev–Trinajstić information content (AvgIpc) is 2.75. The van der Waals surface area contributed by atoms with E-state index in [1.807, 2.05) is 0 Å². The minimum absolute atomic E-state index is 0.0312. The van der Waals surface area contributed by atoms with Gasteiger partial charge in [0, 0.05) is 27.0 Å². The van der Waals surface area contributed by atoms with Crippen LogP contribution in [0.1, 0.15) is 15.9 Å². The van der Waals surface area contributed by atoms with Crippen molar-refractivity contribution in [2.45, 2.75) is 11.8 Å². The molecule has 10 heteroatoms. The van der Waals surface area contributed by atoms with Crippen LogP contribution in [-0.2, 0) is 14.8 Å². The molecule has 0 aromatic heterocycles. The van der Waals surface area contributed by atoms with Gasteiger partial charge >= 0.3 is 0 Å². The van der Waals surface area contributed by atoms with Crippen molar-refractivity contribution in [3.8, 4) is 0 Å². The fraction of sp³-hybridized carbons (Fsp3) is 0.0909. The maximum Gasteiger partial charge on any atom is 0.261 e. The number of amides is 2. The summed E-state index contributed by atoms with van der Waals surface area (Å²) >= 11 is 11.7. The molecule has 3 N–H and O–H groups in total. The van der Waals surface area contributed by atoms with E-state index in [9.17, 15) is 18.0 Å². The van der Waals surface area contributed by atoms with Gasteiger partial charge < -0.3 is 10.6 Å². The van der Waals surface area contributed by atoms with E-state index in [2.05, 4.69) is 15.4 Å². The highest BCUT2D eigenvalue weighted by atomic mass is 35.5. The van der Waals surface area contributed by atoms with Gasteiger partial charge in [-0.25, -0.2) is 8.42 Å². The Labute approximate surface area is 195 Å². The molecular weight excluding hydrogens is 473 g/mol. The van der Waals surface area contributed by atoms with E-state index >= 15 is 0 Å². The van der Waals surface area contributed by atoms with Crippen LogP contribution in [0, 0.1) is 6.92 Å². The molecule has 0 unspecified atom stereocenters. The molecule has 0 heterocycles. The van der Waals surface area contributed by atoms with Crippen LogP contribution in [0.3, 0.4) is 0 Å². The van der Waals surface area contributed by atoms with E-state index in [0.29, 0.717) is 32.5 Å². The molecule has 0 fully saturated rings. The standard InChI is InChI=1S/C22H19Cl2N3O4S/c1-14-5-10-19(32(30,31)27-18-8-6-16(23)7-9-18)12-20(14)26-21(28)13-25-22(29)15-3-2-4-17(24)11-15/h2-12,27H,13H2,1H3,(H,25,29)(H,26,28). The second-order valence-corrected chi connectivity index (χ2v) is 9.39. The predicted octanol–water partition coefficient (Wildman–Crippen LogP) is 4.47. The van der Waals surface area contributed by atoms with Gasteiger partial charge in [0.2, 0.25) is 5.91 Å². The first kappa shape index (κ1) is 23.6. The quantitative estimate of drug-likeness (QED) is 0.453. The van der Waals surface area contributed by atoms with Crippen molar-refractivity contribution in [3.63, 3.8) is 0 Å². The minimum atomic E-state index is -3.89. The minimum Gasteiger partial charge on any atom is -0.343 e. The molecule has 0 radical (unpaired) electrons. The van der Waals surface area contributed by atoms with Crippen LogP contribution >= 0.6 is 23.2 Å². The fourth-order valence-electron chi connectivity index (χ4n) is 2.72. The Hall–Kier alpha value is -3.07. The van der Waals surface area contributed by atoms with Crippen LogP contribution in [0.25, 0.3) is 0 Å². The van der Waals surface area contributed by atoms with Gasteiger partial charge in [-0.3, -0.25) is 14.3 Å². The topological polar surface area (TPSA) is 104 Å². The van der Waals surface area contributed by atoms with Crippen LogP contribution in [0.2, 0.25) is 10.0 Å². The van der Waals surface area contributed by atoms with Crippen molar-refractivity contribution in [1.82, 2.24) is 5.32 Å². The summed E-state index contributed by atoms with van der Waals surface area (Å²) in [6.45, 7) is 1.42. The molecule has 0 atom stereocenters. The second-order valence-electron chi connectivity index (χ2n) is 6.83. The molecule has 7 nitrogen and oxygen atoms in total. The maximum absolute atomic E-state index is 12.7. The summed E-state index contributed by atoms with van der Waals surface area (Å²) in [6.07, 6.45) is 0. The van der Waals surface area contributed by atoms with Gasteiger partial charge in [0.15, 0.2) is 0 Å². The first-order valence-corrected chi connectivity index (χ1v) is 11.6. The first-order chi connectivity index (χ1) is 15.1. The lowest BCUT2D eigenvalue weighted by Gasteiger charge is -2.13. The SMILES string of the molecule is Cc1ccc(S(=O)(=O)Nc2ccc(Cl)cc2)cc1NC(=O)CNC(=O)c1cccc(Cl)c1.